The summed E-state index contributed by atoms with van der Waals surface area (Å²) in [6, 6.07) is 7.62. The molecule has 0 saturated carbocycles. The van der Waals surface area contributed by atoms with Crippen molar-refractivity contribution in [3.63, 3.8) is 0 Å². The predicted octanol–water partition coefficient (Wildman–Crippen LogP) is 0.659. The first-order valence-corrected chi connectivity index (χ1v) is 10.7. The van der Waals surface area contributed by atoms with Crippen LogP contribution in [0.3, 0.4) is 0 Å². The zero-order valence-corrected chi connectivity index (χ0v) is 18.1. The average molecular weight is 451 g/mol. The molecule has 0 spiro atoms. The molecule has 4 heterocycles. The predicted molar refractivity (Wildman–Crippen MR) is 123 cm³/mol. The lowest BCUT2D eigenvalue weighted by Crippen LogP contribution is -2.48. The molecule has 5 rings (SSSR count). The van der Waals surface area contributed by atoms with E-state index in [4.69, 9.17) is 16.2 Å². The standard InChI is InChI=1S/C21H26N10O2/c1-30-8-6-17(29-30)31-9-5-12-14(3-2-4-16(12)31)24-20-18(19(23)32)27-28-21(26-20)25-15-7-10-33-11-13(15)22/h2-6,8-9,13,15,17,29H,7,10-11,22H2,1H3,(H2,23,32)(H2,24,25,26,28)/t13-,15+,17?/m0/s1. The van der Waals surface area contributed by atoms with Gasteiger partial charge in [0.1, 0.15) is 6.17 Å². The average Bonchev–Trinajstić information content (AvgIpc) is 3.42. The van der Waals surface area contributed by atoms with E-state index in [0.29, 0.717) is 13.2 Å². The minimum absolute atomic E-state index is 0.00383. The summed E-state index contributed by atoms with van der Waals surface area (Å²) in [5, 5.41) is 17.3. The second-order valence-corrected chi connectivity index (χ2v) is 8.09. The van der Waals surface area contributed by atoms with Crippen molar-refractivity contribution < 1.29 is 9.53 Å². The van der Waals surface area contributed by atoms with E-state index in [2.05, 4.69) is 41.9 Å². The van der Waals surface area contributed by atoms with Crippen LogP contribution < -0.4 is 27.5 Å². The number of nitrogens with zero attached hydrogens (tertiary/aromatic N) is 5. The summed E-state index contributed by atoms with van der Waals surface area (Å²) < 4.78 is 7.50. The van der Waals surface area contributed by atoms with Crippen LogP contribution >= 0.6 is 0 Å². The Kier molecular flexibility index (Phi) is 5.54. The molecular formula is C21H26N10O2. The number of hydrazine groups is 1. The summed E-state index contributed by atoms with van der Waals surface area (Å²) in [5.41, 5.74) is 16.7. The lowest BCUT2D eigenvalue weighted by Gasteiger charge is -2.29. The Balaban J connectivity index is 1.46. The Bertz CT molecular complexity index is 1210. The Labute approximate surface area is 189 Å². The van der Waals surface area contributed by atoms with E-state index in [9.17, 15) is 4.79 Å². The number of carbonyl (C=O) groups is 1. The van der Waals surface area contributed by atoms with E-state index in [1.165, 1.54) is 0 Å². The number of hydrogen-bond acceptors (Lipinski definition) is 10. The molecule has 1 aromatic carbocycles. The third-order valence-corrected chi connectivity index (χ3v) is 5.78. The molecule has 12 heteroatoms. The molecule has 2 aliphatic heterocycles. The number of ether oxygens (including phenoxy) is 1. The quantitative estimate of drug-likeness (QED) is 0.361. The Morgan fingerprint density at radius 1 is 1.30 bits per heavy atom. The first-order chi connectivity index (χ1) is 16.0. The van der Waals surface area contributed by atoms with Crippen molar-refractivity contribution in [3.05, 3.63) is 48.4 Å². The van der Waals surface area contributed by atoms with Gasteiger partial charge in [-0.3, -0.25) is 4.79 Å². The normalized spacial score (nSPS) is 22.6. The molecule has 1 amide bonds. The third kappa shape index (κ3) is 4.18. The van der Waals surface area contributed by atoms with Crippen LogP contribution in [0.15, 0.2) is 42.7 Å². The molecule has 1 saturated heterocycles. The highest BCUT2D eigenvalue weighted by Crippen LogP contribution is 2.30. The molecule has 33 heavy (non-hydrogen) atoms. The van der Waals surface area contributed by atoms with Crippen molar-refractivity contribution in [2.24, 2.45) is 11.5 Å². The van der Waals surface area contributed by atoms with Gasteiger partial charge in [-0.05, 0) is 30.7 Å². The summed E-state index contributed by atoms with van der Waals surface area (Å²) in [7, 11) is 1.95. The topological polar surface area (TPSA) is 161 Å². The lowest BCUT2D eigenvalue weighted by atomic mass is 10.1. The molecule has 172 valence electrons. The monoisotopic (exact) mass is 450 g/mol. The first-order valence-electron chi connectivity index (χ1n) is 10.7. The number of carbonyl (C=O) groups excluding carboxylic acids is 1. The van der Waals surface area contributed by atoms with Gasteiger partial charge in [-0.25, -0.2) is 5.43 Å². The van der Waals surface area contributed by atoms with Crippen LogP contribution in [0.4, 0.5) is 17.5 Å². The van der Waals surface area contributed by atoms with Crippen molar-refractivity contribution in [2.75, 3.05) is 30.9 Å². The maximum Gasteiger partial charge on any atom is 0.273 e. The molecule has 1 fully saturated rings. The number of benzene rings is 1. The van der Waals surface area contributed by atoms with Crippen LogP contribution in [0.2, 0.25) is 0 Å². The van der Waals surface area contributed by atoms with Gasteiger partial charge in [0, 0.05) is 49.2 Å². The number of fused-ring (bicyclic) bond motifs is 1. The Morgan fingerprint density at radius 3 is 2.94 bits per heavy atom. The lowest BCUT2D eigenvalue weighted by molar-refractivity contribution is 0.0751. The van der Waals surface area contributed by atoms with Crippen LogP contribution in [-0.4, -0.2) is 63.0 Å². The van der Waals surface area contributed by atoms with E-state index < -0.39 is 5.91 Å². The van der Waals surface area contributed by atoms with Gasteiger partial charge >= 0.3 is 0 Å². The fourth-order valence-corrected chi connectivity index (χ4v) is 4.07. The molecule has 0 radical (unpaired) electrons. The maximum absolute atomic E-state index is 12.0. The number of nitrogens with two attached hydrogens (primary N) is 2. The number of hydrogen-bond donors (Lipinski definition) is 5. The summed E-state index contributed by atoms with van der Waals surface area (Å²) in [5.74, 6) is -0.239. The van der Waals surface area contributed by atoms with Crippen molar-refractivity contribution in [1.82, 2.24) is 30.2 Å². The molecule has 3 aromatic rings. The number of primary amides is 1. The van der Waals surface area contributed by atoms with Gasteiger partial charge in [0.25, 0.3) is 5.91 Å². The van der Waals surface area contributed by atoms with Gasteiger partial charge in [-0.2, -0.15) is 4.98 Å². The number of amides is 1. The third-order valence-electron chi connectivity index (χ3n) is 5.78. The zero-order valence-electron chi connectivity index (χ0n) is 18.1. The van der Waals surface area contributed by atoms with Gasteiger partial charge < -0.3 is 36.4 Å². The van der Waals surface area contributed by atoms with E-state index in [1.807, 2.05) is 48.7 Å². The van der Waals surface area contributed by atoms with Crippen LogP contribution in [0.5, 0.6) is 0 Å². The smallest absolute Gasteiger partial charge is 0.273 e. The summed E-state index contributed by atoms with van der Waals surface area (Å²) in [6.07, 6.45) is 6.77. The zero-order chi connectivity index (χ0) is 22.9. The van der Waals surface area contributed by atoms with E-state index >= 15 is 0 Å². The summed E-state index contributed by atoms with van der Waals surface area (Å²) in [4.78, 5) is 16.5. The van der Waals surface area contributed by atoms with E-state index in [0.717, 1.165) is 23.0 Å². The molecule has 3 atom stereocenters. The summed E-state index contributed by atoms with van der Waals surface area (Å²) >= 11 is 0. The molecule has 1 unspecified atom stereocenters. The molecule has 2 aromatic heterocycles. The second kappa shape index (κ2) is 8.65. The number of aromatic nitrogens is 4. The van der Waals surface area contributed by atoms with Gasteiger partial charge in [0.2, 0.25) is 5.95 Å². The number of nitrogens with one attached hydrogen (secondary N) is 3. The van der Waals surface area contributed by atoms with Crippen molar-refractivity contribution in [2.45, 2.75) is 24.7 Å². The SMILES string of the molecule is CN1C=CC(n2ccc3c(Nc4nc(N[C@@H]5CCOC[C@@H]5N)nnc4C(N)=O)cccc32)N1. The highest BCUT2D eigenvalue weighted by Gasteiger charge is 2.24. The fourth-order valence-electron chi connectivity index (χ4n) is 4.07. The van der Waals surface area contributed by atoms with Gasteiger partial charge in [0.15, 0.2) is 11.5 Å². The van der Waals surface area contributed by atoms with Gasteiger partial charge in [0.05, 0.1) is 12.1 Å². The molecule has 0 bridgehead atoms. The van der Waals surface area contributed by atoms with Crippen molar-refractivity contribution in [1.29, 1.82) is 0 Å². The number of rotatable bonds is 6. The van der Waals surface area contributed by atoms with E-state index in [1.54, 1.807) is 0 Å². The highest BCUT2D eigenvalue weighted by atomic mass is 16.5. The maximum atomic E-state index is 12.0. The second-order valence-electron chi connectivity index (χ2n) is 8.09. The molecular weight excluding hydrogens is 424 g/mol. The van der Waals surface area contributed by atoms with Crippen molar-refractivity contribution in [3.8, 4) is 0 Å². The molecule has 7 N–H and O–H groups in total. The minimum atomic E-state index is -0.722. The van der Waals surface area contributed by atoms with E-state index in [-0.39, 0.29) is 35.7 Å². The first kappa shape index (κ1) is 21.1. The number of anilines is 3. The van der Waals surface area contributed by atoms with Crippen LogP contribution in [0, 0.1) is 0 Å². The van der Waals surface area contributed by atoms with Crippen molar-refractivity contribution >= 4 is 34.3 Å². The van der Waals surface area contributed by atoms with Gasteiger partial charge in [-0.15, -0.1) is 10.2 Å². The van der Waals surface area contributed by atoms with Crippen LogP contribution in [-0.2, 0) is 4.74 Å². The Hall–Kier alpha value is -3.74. The minimum Gasteiger partial charge on any atom is -0.380 e. The van der Waals surface area contributed by atoms with Crippen LogP contribution in [0.25, 0.3) is 10.9 Å². The largest absolute Gasteiger partial charge is 0.380 e. The molecule has 0 aliphatic carbocycles. The highest BCUT2D eigenvalue weighted by molar-refractivity contribution is 5.99. The van der Waals surface area contributed by atoms with Crippen LogP contribution in [0.1, 0.15) is 23.1 Å². The Morgan fingerprint density at radius 2 is 2.18 bits per heavy atom. The summed E-state index contributed by atoms with van der Waals surface area (Å²) in [6.45, 7) is 1.05. The molecule has 2 aliphatic rings. The fraction of sp³-hybridized carbons (Fsp3) is 0.333. The molecule has 12 nitrogen and oxygen atoms in total. The van der Waals surface area contributed by atoms with Gasteiger partial charge in [-0.1, -0.05) is 6.07 Å².